The fourth-order valence-electron chi connectivity index (χ4n) is 2.63. The highest BCUT2D eigenvalue weighted by molar-refractivity contribution is 6.22. The first-order valence-electron chi connectivity index (χ1n) is 7.57. The molecule has 0 fully saturated rings. The molecule has 4 heteroatoms. The Hall–Kier alpha value is -2.49. The maximum absolute atomic E-state index is 12.2. The average molecular weight is 294 g/mol. The second kappa shape index (κ2) is 6.10. The fraction of sp³-hybridized carbons (Fsp3) is 0.278. The molecule has 22 heavy (non-hydrogen) atoms. The molecule has 2 aliphatic heterocycles. The SMILES string of the molecule is CCC1C=NC(C/C=C/N2C(=O)c3ccccc3C2=O)=CC1. The topological polar surface area (TPSA) is 49.7 Å². The summed E-state index contributed by atoms with van der Waals surface area (Å²) in [4.78, 5) is 30.0. The fourth-order valence-corrected chi connectivity index (χ4v) is 2.63. The van der Waals surface area contributed by atoms with Gasteiger partial charge in [0.25, 0.3) is 11.8 Å². The van der Waals surface area contributed by atoms with Crippen LogP contribution in [0.3, 0.4) is 0 Å². The molecule has 0 N–H and O–H groups in total. The van der Waals surface area contributed by atoms with Gasteiger partial charge in [0.05, 0.1) is 11.1 Å². The van der Waals surface area contributed by atoms with Crippen molar-refractivity contribution in [3.05, 3.63) is 59.4 Å². The van der Waals surface area contributed by atoms with E-state index in [0.29, 0.717) is 23.5 Å². The van der Waals surface area contributed by atoms with E-state index in [4.69, 9.17) is 0 Å². The summed E-state index contributed by atoms with van der Waals surface area (Å²) in [6, 6.07) is 6.90. The third kappa shape index (κ3) is 2.64. The molecular weight excluding hydrogens is 276 g/mol. The summed E-state index contributed by atoms with van der Waals surface area (Å²) < 4.78 is 0. The minimum Gasteiger partial charge on any atom is -0.268 e. The molecule has 0 radical (unpaired) electrons. The van der Waals surface area contributed by atoms with Gasteiger partial charge in [0.2, 0.25) is 0 Å². The van der Waals surface area contributed by atoms with Crippen LogP contribution in [-0.4, -0.2) is 22.9 Å². The summed E-state index contributed by atoms with van der Waals surface area (Å²) in [6.07, 6.45) is 10.2. The molecule has 2 aliphatic rings. The van der Waals surface area contributed by atoms with Gasteiger partial charge < -0.3 is 0 Å². The lowest BCUT2D eigenvalue weighted by atomic mass is 10.0. The van der Waals surface area contributed by atoms with Crippen LogP contribution in [0.25, 0.3) is 0 Å². The lowest BCUT2D eigenvalue weighted by Gasteiger charge is -2.12. The monoisotopic (exact) mass is 294 g/mol. The number of hydrogen-bond donors (Lipinski definition) is 0. The van der Waals surface area contributed by atoms with Crippen LogP contribution in [0.4, 0.5) is 0 Å². The Kier molecular flexibility index (Phi) is 4.00. The number of fused-ring (bicyclic) bond motifs is 1. The maximum atomic E-state index is 12.2. The number of nitrogens with zero attached hydrogens (tertiary/aromatic N) is 2. The van der Waals surface area contributed by atoms with Crippen molar-refractivity contribution in [3.8, 4) is 0 Å². The average Bonchev–Trinajstić information content (AvgIpc) is 2.81. The van der Waals surface area contributed by atoms with Gasteiger partial charge >= 0.3 is 0 Å². The maximum Gasteiger partial charge on any atom is 0.265 e. The van der Waals surface area contributed by atoms with Gasteiger partial charge in [-0.3, -0.25) is 14.6 Å². The predicted molar refractivity (Wildman–Crippen MR) is 85.7 cm³/mol. The van der Waals surface area contributed by atoms with E-state index in [9.17, 15) is 9.59 Å². The summed E-state index contributed by atoms with van der Waals surface area (Å²) in [5.74, 6) is 0.0111. The number of carbonyl (C=O) groups excluding carboxylic acids is 2. The molecule has 1 unspecified atom stereocenters. The van der Waals surface area contributed by atoms with E-state index in [1.54, 1.807) is 30.5 Å². The number of hydrogen-bond acceptors (Lipinski definition) is 3. The van der Waals surface area contributed by atoms with Crippen LogP contribution in [0.1, 0.15) is 46.9 Å². The van der Waals surface area contributed by atoms with Crippen molar-refractivity contribution < 1.29 is 9.59 Å². The number of imide groups is 1. The van der Waals surface area contributed by atoms with Crippen LogP contribution < -0.4 is 0 Å². The number of allylic oxidation sites excluding steroid dienone is 2. The number of aliphatic imine (C=N–C) groups is 1. The van der Waals surface area contributed by atoms with Crippen molar-refractivity contribution in [2.45, 2.75) is 26.2 Å². The molecule has 2 amide bonds. The highest BCUT2D eigenvalue weighted by Gasteiger charge is 2.33. The van der Waals surface area contributed by atoms with Crippen molar-refractivity contribution in [1.82, 2.24) is 4.90 Å². The molecule has 0 saturated carbocycles. The summed E-state index contributed by atoms with van der Waals surface area (Å²) in [7, 11) is 0. The largest absolute Gasteiger partial charge is 0.268 e. The van der Waals surface area contributed by atoms with Crippen molar-refractivity contribution in [2.24, 2.45) is 10.9 Å². The van der Waals surface area contributed by atoms with Crippen LogP contribution in [0.2, 0.25) is 0 Å². The van der Waals surface area contributed by atoms with Crippen molar-refractivity contribution in [2.75, 3.05) is 0 Å². The Bertz CT molecular complexity index is 666. The smallest absolute Gasteiger partial charge is 0.265 e. The van der Waals surface area contributed by atoms with Crippen molar-refractivity contribution in [3.63, 3.8) is 0 Å². The molecule has 0 aliphatic carbocycles. The van der Waals surface area contributed by atoms with Crippen LogP contribution >= 0.6 is 0 Å². The molecule has 0 aromatic heterocycles. The summed E-state index contributed by atoms with van der Waals surface area (Å²) in [5.41, 5.74) is 1.92. The first-order valence-corrected chi connectivity index (χ1v) is 7.57. The van der Waals surface area contributed by atoms with Gasteiger partial charge in [-0.15, -0.1) is 0 Å². The lowest BCUT2D eigenvalue weighted by Crippen LogP contribution is -2.23. The van der Waals surface area contributed by atoms with Crippen LogP contribution in [0.5, 0.6) is 0 Å². The van der Waals surface area contributed by atoms with Gasteiger partial charge in [-0.25, -0.2) is 4.90 Å². The van der Waals surface area contributed by atoms with Crippen molar-refractivity contribution in [1.29, 1.82) is 0 Å². The molecule has 1 atom stereocenters. The standard InChI is InChI=1S/C18H18N2O2/c1-2-13-9-10-14(19-12-13)6-5-11-20-17(21)15-7-3-4-8-16(15)18(20)22/h3-5,7-8,10-13H,2,6,9H2,1H3/b11-5+. The third-order valence-corrected chi connectivity index (χ3v) is 4.04. The van der Waals surface area contributed by atoms with E-state index < -0.39 is 0 Å². The van der Waals surface area contributed by atoms with Crippen molar-refractivity contribution >= 4 is 18.0 Å². The first-order chi connectivity index (χ1) is 10.7. The number of rotatable bonds is 4. The third-order valence-electron chi connectivity index (χ3n) is 4.04. The Morgan fingerprint density at radius 3 is 2.45 bits per heavy atom. The molecular formula is C18H18N2O2. The summed E-state index contributed by atoms with van der Waals surface area (Å²) in [5, 5.41) is 0. The minimum atomic E-state index is -0.260. The number of carbonyl (C=O) groups is 2. The molecule has 0 spiro atoms. The van der Waals surface area contributed by atoms with E-state index in [-0.39, 0.29) is 11.8 Å². The first kappa shape index (κ1) is 14.4. The Morgan fingerprint density at radius 2 is 1.91 bits per heavy atom. The van der Waals surface area contributed by atoms with Crippen LogP contribution in [0.15, 0.2) is 53.3 Å². The Morgan fingerprint density at radius 1 is 1.23 bits per heavy atom. The van der Waals surface area contributed by atoms with Crippen LogP contribution in [-0.2, 0) is 0 Å². The molecule has 2 heterocycles. The summed E-state index contributed by atoms with van der Waals surface area (Å²) in [6.45, 7) is 2.15. The predicted octanol–water partition coefficient (Wildman–Crippen LogP) is 3.57. The molecule has 1 aromatic carbocycles. The molecule has 0 bridgehead atoms. The minimum absolute atomic E-state index is 0.260. The van der Waals surface area contributed by atoms with E-state index in [0.717, 1.165) is 18.5 Å². The highest BCUT2D eigenvalue weighted by atomic mass is 16.2. The van der Waals surface area contributed by atoms with Gasteiger partial charge in [0.1, 0.15) is 0 Å². The van der Waals surface area contributed by atoms with E-state index in [2.05, 4.69) is 18.0 Å². The van der Waals surface area contributed by atoms with Gasteiger partial charge in [-0.2, -0.15) is 0 Å². The summed E-state index contributed by atoms with van der Waals surface area (Å²) >= 11 is 0. The number of amides is 2. The lowest BCUT2D eigenvalue weighted by molar-refractivity contribution is 0.0721. The molecule has 0 saturated heterocycles. The molecule has 1 aromatic rings. The second-order valence-corrected chi connectivity index (χ2v) is 5.49. The molecule has 3 rings (SSSR count). The van der Waals surface area contributed by atoms with Crippen LogP contribution in [0, 0.1) is 5.92 Å². The second-order valence-electron chi connectivity index (χ2n) is 5.49. The van der Waals surface area contributed by atoms with Gasteiger partial charge in [-0.05, 0) is 30.9 Å². The van der Waals surface area contributed by atoms with E-state index >= 15 is 0 Å². The van der Waals surface area contributed by atoms with Gasteiger partial charge in [-0.1, -0.05) is 31.2 Å². The van der Waals surface area contributed by atoms with Gasteiger partial charge in [0, 0.05) is 24.5 Å². The highest BCUT2D eigenvalue weighted by Crippen LogP contribution is 2.23. The molecule has 112 valence electrons. The number of benzene rings is 1. The zero-order valence-electron chi connectivity index (χ0n) is 12.5. The van der Waals surface area contributed by atoms with E-state index in [1.165, 1.54) is 4.90 Å². The normalized spacial score (nSPS) is 20.7. The zero-order chi connectivity index (χ0) is 15.5. The quantitative estimate of drug-likeness (QED) is 0.797. The Balaban J connectivity index is 1.66. The zero-order valence-corrected chi connectivity index (χ0v) is 12.5. The Labute approximate surface area is 129 Å². The van der Waals surface area contributed by atoms with E-state index in [1.807, 2.05) is 12.3 Å². The molecule has 4 nitrogen and oxygen atoms in total. The van der Waals surface area contributed by atoms with Gasteiger partial charge in [0.15, 0.2) is 0 Å².